The minimum atomic E-state index is -0.550. The van der Waals surface area contributed by atoms with Crippen molar-refractivity contribution < 1.29 is 9.52 Å². The van der Waals surface area contributed by atoms with Crippen molar-refractivity contribution in [3.63, 3.8) is 0 Å². The smallest absolute Gasteiger partial charge is 0.297 e. The lowest BCUT2D eigenvalue weighted by Gasteiger charge is -2.10. The van der Waals surface area contributed by atoms with Crippen LogP contribution in [0.4, 0.5) is 0 Å². The maximum atomic E-state index is 11.7. The van der Waals surface area contributed by atoms with E-state index in [-0.39, 0.29) is 5.76 Å². The first-order chi connectivity index (χ1) is 8.59. The lowest BCUT2D eigenvalue weighted by molar-refractivity contribution is 0.440. The first kappa shape index (κ1) is 11.0. The Labute approximate surface area is 107 Å². The van der Waals surface area contributed by atoms with Gasteiger partial charge in [-0.3, -0.25) is 9.36 Å². The van der Waals surface area contributed by atoms with E-state index in [2.05, 4.69) is 0 Å². The van der Waals surface area contributed by atoms with Crippen molar-refractivity contribution in [1.29, 1.82) is 0 Å². The molecule has 0 aromatic heterocycles. The molecular formula is C13H9NO3S. The van der Waals surface area contributed by atoms with Crippen LogP contribution < -0.4 is 5.56 Å². The summed E-state index contributed by atoms with van der Waals surface area (Å²) in [5, 5.41) is 10.7. The standard InChI is InChI=1S/C13H9NO3S/c1-14-12(16)10(15)11-8(13(14)18)6-7-4-2-3-5-9(7)17-11/h2-6,15H,1H3. The normalized spacial score (nSPS) is 11.2. The number of aromatic hydroxyl groups is 1. The van der Waals surface area contributed by atoms with E-state index in [4.69, 9.17) is 16.6 Å². The zero-order valence-corrected chi connectivity index (χ0v) is 10.3. The molecule has 0 radical (unpaired) electrons. The van der Waals surface area contributed by atoms with Crippen LogP contribution in [-0.2, 0) is 7.05 Å². The molecule has 0 unspecified atom stereocenters. The fourth-order valence-electron chi connectivity index (χ4n) is 1.94. The first-order valence-electron chi connectivity index (χ1n) is 5.34. The second-order valence-electron chi connectivity index (χ2n) is 4.04. The van der Waals surface area contributed by atoms with Gasteiger partial charge in [0.15, 0.2) is 5.76 Å². The van der Waals surface area contributed by atoms with Crippen molar-refractivity contribution in [2.75, 3.05) is 0 Å². The van der Waals surface area contributed by atoms with Crippen molar-refractivity contribution in [3.05, 3.63) is 45.3 Å². The molecule has 1 aromatic rings. The molecule has 1 aromatic carbocycles. The molecule has 2 heterocycles. The minimum Gasteiger partial charge on any atom is -0.500 e. The van der Waals surface area contributed by atoms with Crippen molar-refractivity contribution >= 4 is 23.2 Å². The Morgan fingerprint density at radius 1 is 1.33 bits per heavy atom. The summed E-state index contributed by atoms with van der Waals surface area (Å²) in [6.45, 7) is 0. The summed E-state index contributed by atoms with van der Waals surface area (Å²) in [5.41, 5.74) is 0.609. The molecule has 0 saturated heterocycles. The average molecular weight is 259 g/mol. The van der Waals surface area contributed by atoms with Crippen LogP contribution >= 0.6 is 12.2 Å². The van der Waals surface area contributed by atoms with Gasteiger partial charge in [0.05, 0.1) is 5.56 Å². The molecule has 18 heavy (non-hydrogen) atoms. The third kappa shape index (κ3) is 1.37. The zero-order valence-electron chi connectivity index (χ0n) is 9.51. The molecule has 0 aliphatic carbocycles. The average Bonchev–Trinajstić information content (AvgIpc) is 2.41. The molecule has 3 rings (SSSR count). The molecule has 0 bridgehead atoms. The van der Waals surface area contributed by atoms with Crippen LogP contribution in [0.2, 0.25) is 0 Å². The van der Waals surface area contributed by atoms with Crippen LogP contribution in [0.25, 0.3) is 22.3 Å². The Bertz CT molecular complexity index is 847. The molecule has 0 amide bonds. The fraction of sp³-hybridized carbons (Fsp3) is 0.0769. The predicted octanol–water partition coefficient (Wildman–Crippen LogP) is 2.67. The largest absolute Gasteiger partial charge is 0.500 e. The molecule has 0 saturated carbocycles. The summed E-state index contributed by atoms with van der Waals surface area (Å²) in [6.07, 6.45) is 0. The van der Waals surface area contributed by atoms with E-state index in [0.717, 1.165) is 5.39 Å². The predicted molar refractivity (Wildman–Crippen MR) is 70.6 cm³/mol. The maximum absolute atomic E-state index is 11.7. The monoisotopic (exact) mass is 259 g/mol. The highest BCUT2D eigenvalue weighted by Crippen LogP contribution is 2.33. The summed E-state index contributed by atoms with van der Waals surface area (Å²) in [5.74, 6) is -0.270. The van der Waals surface area contributed by atoms with Gasteiger partial charge in [-0.2, -0.15) is 0 Å². The van der Waals surface area contributed by atoms with Gasteiger partial charge in [0.2, 0.25) is 5.75 Å². The molecule has 5 heteroatoms. The molecule has 2 aliphatic rings. The van der Waals surface area contributed by atoms with Crippen molar-refractivity contribution in [1.82, 2.24) is 4.57 Å². The van der Waals surface area contributed by atoms with Crippen LogP contribution in [0.5, 0.6) is 5.75 Å². The molecule has 1 N–H and O–H groups in total. The highest BCUT2D eigenvalue weighted by Gasteiger charge is 2.19. The molecule has 90 valence electrons. The third-order valence-corrected chi connectivity index (χ3v) is 3.43. The number of benzene rings is 1. The second-order valence-corrected chi connectivity index (χ2v) is 4.43. The number of fused-ring (bicyclic) bond motifs is 2. The molecule has 2 aliphatic heterocycles. The molecular weight excluding hydrogens is 250 g/mol. The van der Waals surface area contributed by atoms with Crippen molar-refractivity contribution in [3.8, 4) is 17.1 Å². The number of hydrogen-bond donors (Lipinski definition) is 1. The number of para-hydroxylation sites is 1. The Kier molecular flexibility index (Phi) is 2.24. The molecule has 0 atom stereocenters. The Morgan fingerprint density at radius 2 is 2.06 bits per heavy atom. The van der Waals surface area contributed by atoms with E-state index in [9.17, 15) is 9.90 Å². The molecule has 0 fully saturated rings. The van der Waals surface area contributed by atoms with E-state index in [1.807, 2.05) is 24.3 Å². The highest BCUT2D eigenvalue weighted by atomic mass is 32.1. The van der Waals surface area contributed by atoms with E-state index >= 15 is 0 Å². The van der Waals surface area contributed by atoms with Crippen LogP contribution in [0.15, 0.2) is 39.5 Å². The molecule has 4 nitrogen and oxygen atoms in total. The van der Waals surface area contributed by atoms with Gasteiger partial charge in [0, 0.05) is 12.4 Å². The lowest BCUT2D eigenvalue weighted by atomic mass is 10.1. The zero-order chi connectivity index (χ0) is 12.9. The fourth-order valence-corrected chi connectivity index (χ4v) is 2.18. The Morgan fingerprint density at radius 3 is 2.83 bits per heavy atom. The number of hydrogen-bond acceptors (Lipinski definition) is 4. The number of rotatable bonds is 0. The number of nitrogens with zero attached hydrogens (tertiary/aromatic N) is 1. The summed E-state index contributed by atoms with van der Waals surface area (Å²) < 4.78 is 7.15. The summed E-state index contributed by atoms with van der Waals surface area (Å²) >= 11 is 5.20. The second kappa shape index (κ2) is 3.68. The summed E-state index contributed by atoms with van der Waals surface area (Å²) in [6, 6.07) is 9.18. The summed E-state index contributed by atoms with van der Waals surface area (Å²) in [7, 11) is 1.53. The van der Waals surface area contributed by atoms with E-state index in [1.54, 1.807) is 6.07 Å². The van der Waals surface area contributed by atoms with Crippen LogP contribution in [0, 0.1) is 4.64 Å². The van der Waals surface area contributed by atoms with E-state index in [0.29, 0.717) is 15.8 Å². The van der Waals surface area contributed by atoms with E-state index in [1.165, 1.54) is 11.6 Å². The van der Waals surface area contributed by atoms with Gasteiger partial charge in [0.25, 0.3) is 5.56 Å². The maximum Gasteiger partial charge on any atom is 0.297 e. The lowest BCUT2D eigenvalue weighted by Crippen LogP contribution is -2.18. The SMILES string of the molecule is Cn1c(=O)c(O)c2oc3ccccc3cc-2c1=S. The third-order valence-electron chi connectivity index (χ3n) is 2.93. The van der Waals surface area contributed by atoms with Gasteiger partial charge in [-0.1, -0.05) is 30.4 Å². The van der Waals surface area contributed by atoms with Gasteiger partial charge < -0.3 is 9.52 Å². The van der Waals surface area contributed by atoms with Crippen molar-refractivity contribution in [2.45, 2.75) is 0 Å². The molecule has 0 spiro atoms. The number of pyridine rings is 1. The van der Waals surface area contributed by atoms with Crippen LogP contribution in [-0.4, -0.2) is 9.67 Å². The van der Waals surface area contributed by atoms with E-state index < -0.39 is 11.3 Å². The van der Waals surface area contributed by atoms with Gasteiger partial charge in [0.1, 0.15) is 10.2 Å². The number of aromatic nitrogens is 1. The summed E-state index contributed by atoms with van der Waals surface area (Å²) in [4.78, 5) is 11.7. The topological polar surface area (TPSA) is 55.4 Å². The minimum absolute atomic E-state index is 0.141. The van der Waals surface area contributed by atoms with Crippen LogP contribution in [0.3, 0.4) is 0 Å². The van der Waals surface area contributed by atoms with Crippen molar-refractivity contribution in [2.24, 2.45) is 7.05 Å². The van der Waals surface area contributed by atoms with Gasteiger partial charge >= 0.3 is 0 Å². The van der Waals surface area contributed by atoms with Gasteiger partial charge in [-0.25, -0.2) is 0 Å². The highest BCUT2D eigenvalue weighted by molar-refractivity contribution is 7.71. The Hall–Kier alpha value is -2.14. The Balaban J connectivity index is 2.63. The quantitative estimate of drug-likeness (QED) is 0.498. The first-order valence-corrected chi connectivity index (χ1v) is 5.75. The van der Waals surface area contributed by atoms with Gasteiger partial charge in [-0.05, 0) is 12.1 Å². The van der Waals surface area contributed by atoms with Crippen LogP contribution in [0.1, 0.15) is 0 Å². The van der Waals surface area contributed by atoms with Gasteiger partial charge in [-0.15, -0.1) is 0 Å².